The molecule has 0 saturated carbocycles. The second-order valence-electron chi connectivity index (χ2n) is 8.24. The molecule has 35 heavy (non-hydrogen) atoms. The Morgan fingerprint density at radius 3 is 2.51 bits per heavy atom. The van der Waals surface area contributed by atoms with E-state index in [4.69, 9.17) is 16.3 Å². The molecule has 11 heteroatoms. The van der Waals surface area contributed by atoms with Crippen molar-refractivity contribution in [1.82, 2.24) is 15.5 Å². The number of nitrogens with one attached hydrogen (secondary N) is 2. The van der Waals surface area contributed by atoms with Gasteiger partial charge in [0.05, 0.1) is 23.1 Å². The maximum atomic E-state index is 13.0. The summed E-state index contributed by atoms with van der Waals surface area (Å²) < 4.78 is 5.30. The van der Waals surface area contributed by atoms with Gasteiger partial charge >= 0.3 is 12.0 Å². The van der Waals surface area contributed by atoms with Crippen molar-refractivity contribution in [3.63, 3.8) is 0 Å². The molecule has 1 atom stereocenters. The lowest BCUT2D eigenvalue weighted by Crippen LogP contribution is -2.51. The number of nitrogens with zero attached hydrogens (tertiary/aromatic N) is 3. The number of hydrogen-bond acceptors (Lipinski definition) is 7. The summed E-state index contributed by atoms with van der Waals surface area (Å²) in [5.41, 5.74) is 2.28. The van der Waals surface area contributed by atoms with E-state index in [1.807, 2.05) is 24.3 Å². The average molecular weight is 500 g/mol. The third-order valence-electron chi connectivity index (χ3n) is 6.01. The van der Waals surface area contributed by atoms with Gasteiger partial charge in [0.2, 0.25) is 0 Å². The van der Waals surface area contributed by atoms with Gasteiger partial charge in [-0.25, -0.2) is 9.59 Å². The number of carbonyl (C=O) groups excluding carboxylic acids is 2. The third kappa shape index (κ3) is 5.72. The molecule has 0 radical (unpaired) electrons. The number of amides is 2. The molecule has 2 amide bonds. The number of carbonyl (C=O) groups is 2. The Balaban J connectivity index is 1.56. The Kier molecular flexibility index (Phi) is 7.52. The lowest BCUT2D eigenvalue weighted by atomic mass is 9.94. The molecular formula is C24H26ClN5O5. The van der Waals surface area contributed by atoms with Gasteiger partial charge in [0.1, 0.15) is 0 Å². The molecular weight excluding hydrogens is 474 g/mol. The first-order valence-electron chi connectivity index (χ1n) is 11.3. The number of ether oxygens (including phenoxy) is 1. The van der Waals surface area contributed by atoms with Crippen LogP contribution in [0.3, 0.4) is 0 Å². The molecule has 0 spiro atoms. The molecule has 2 aromatic rings. The van der Waals surface area contributed by atoms with Crippen molar-refractivity contribution in [2.75, 3.05) is 44.2 Å². The fourth-order valence-corrected chi connectivity index (χ4v) is 4.48. The summed E-state index contributed by atoms with van der Waals surface area (Å²) in [5.74, 6) is -0.545. The standard InChI is InChI=1S/C24H26ClN5O5/c1-2-35-23(31)21-20(15-28-10-12-29(13-11-28)19-5-3-4-17(25)14-19)26-24(32)27-22(21)16-6-8-18(9-7-16)30(33)34/h3-9,14,22H,2,10-13,15H2,1H3,(H2,26,27,32). The lowest BCUT2D eigenvalue weighted by Gasteiger charge is -2.38. The molecule has 2 aliphatic heterocycles. The second-order valence-corrected chi connectivity index (χ2v) is 8.67. The average Bonchev–Trinajstić information content (AvgIpc) is 2.84. The van der Waals surface area contributed by atoms with Crippen molar-refractivity contribution in [2.45, 2.75) is 13.0 Å². The fraction of sp³-hybridized carbons (Fsp3) is 0.333. The number of non-ortho nitro benzene ring substituents is 1. The number of esters is 1. The highest BCUT2D eigenvalue weighted by Gasteiger charge is 2.35. The zero-order valence-corrected chi connectivity index (χ0v) is 20.0. The zero-order chi connectivity index (χ0) is 24.9. The molecule has 0 aromatic heterocycles. The van der Waals surface area contributed by atoms with Gasteiger partial charge in [0, 0.05) is 61.3 Å². The van der Waals surface area contributed by atoms with Crippen molar-refractivity contribution in [1.29, 1.82) is 0 Å². The molecule has 0 aliphatic carbocycles. The van der Waals surface area contributed by atoms with E-state index in [1.54, 1.807) is 6.92 Å². The lowest BCUT2D eigenvalue weighted by molar-refractivity contribution is -0.384. The highest BCUT2D eigenvalue weighted by Crippen LogP contribution is 2.30. The molecule has 4 rings (SSSR count). The molecule has 1 fully saturated rings. The van der Waals surface area contributed by atoms with Gasteiger partial charge in [-0.3, -0.25) is 15.0 Å². The molecule has 1 saturated heterocycles. The van der Waals surface area contributed by atoms with Crippen LogP contribution in [-0.2, 0) is 9.53 Å². The number of halogens is 1. The summed E-state index contributed by atoms with van der Waals surface area (Å²) in [4.78, 5) is 40.4. The summed E-state index contributed by atoms with van der Waals surface area (Å²) in [5, 5.41) is 17.2. The van der Waals surface area contributed by atoms with Crippen LogP contribution < -0.4 is 15.5 Å². The maximum absolute atomic E-state index is 13.0. The third-order valence-corrected chi connectivity index (χ3v) is 6.25. The first-order chi connectivity index (χ1) is 16.9. The minimum atomic E-state index is -0.786. The Hall–Kier alpha value is -3.63. The van der Waals surface area contributed by atoms with Crippen LogP contribution in [0, 0.1) is 10.1 Å². The van der Waals surface area contributed by atoms with Crippen molar-refractivity contribution in [2.24, 2.45) is 0 Å². The summed E-state index contributed by atoms with van der Waals surface area (Å²) >= 11 is 6.13. The molecule has 2 N–H and O–H groups in total. The topological polar surface area (TPSA) is 117 Å². The minimum absolute atomic E-state index is 0.0755. The van der Waals surface area contributed by atoms with Crippen LogP contribution in [0.15, 0.2) is 59.8 Å². The zero-order valence-electron chi connectivity index (χ0n) is 19.2. The summed E-state index contributed by atoms with van der Waals surface area (Å²) in [6, 6.07) is 12.2. The van der Waals surface area contributed by atoms with Gasteiger partial charge < -0.3 is 20.3 Å². The van der Waals surface area contributed by atoms with Crippen LogP contribution in [0.1, 0.15) is 18.5 Å². The number of hydrogen-bond donors (Lipinski definition) is 2. The SMILES string of the molecule is CCOC(=O)C1=C(CN2CCN(c3cccc(Cl)c3)CC2)NC(=O)NC1c1ccc([N+](=O)[O-])cc1. The predicted molar refractivity (Wildman–Crippen MR) is 131 cm³/mol. The molecule has 1 unspecified atom stereocenters. The van der Waals surface area contributed by atoms with Crippen LogP contribution in [0.2, 0.25) is 5.02 Å². The van der Waals surface area contributed by atoms with E-state index in [1.165, 1.54) is 24.3 Å². The summed E-state index contributed by atoms with van der Waals surface area (Å²) in [6.45, 7) is 5.21. The Bertz CT molecular complexity index is 1150. The Morgan fingerprint density at radius 1 is 1.17 bits per heavy atom. The van der Waals surface area contributed by atoms with E-state index in [-0.39, 0.29) is 17.9 Å². The number of rotatable bonds is 7. The number of nitro benzene ring substituents is 1. The Labute approximate surface area is 207 Å². The first kappa shape index (κ1) is 24.5. The summed E-state index contributed by atoms with van der Waals surface area (Å²) in [7, 11) is 0. The normalized spacial score (nSPS) is 18.6. The quantitative estimate of drug-likeness (QED) is 0.341. The van der Waals surface area contributed by atoms with Crippen LogP contribution in [0.4, 0.5) is 16.2 Å². The van der Waals surface area contributed by atoms with E-state index < -0.39 is 23.0 Å². The highest BCUT2D eigenvalue weighted by molar-refractivity contribution is 6.30. The van der Waals surface area contributed by atoms with E-state index in [9.17, 15) is 19.7 Å². The molecule has 10 nitrogen and oxygen atoms in total. The highest BCUT2D eigenvalue weighted by atomic mass is 35.5. The number of piperazine rings is 1. The van der Waals surface area contributed by atoms with E-state index in [0.717, 1.165) is 31.9 Å². The van der Waals surface area contributed by atoms with Crippen molar-refractivity contribution in [3.05, 3.63) is 80.5 Å². The van der Waals surface area contributed by atoms with Gasteiger partial charge in [-0.2, -0.15) is 0 Å². The van der Waals surface area contributed by atoms with Crippen molar-refractivity contribution in [3.8, 4) is 0 Å². The first-order valence-corrected chi connectivity index (χ1v) is 11.7. The number of urea groups is 1. The van der Waals surface area contributed by atoms with E-state index in [2.05, 4.69) is 20.4 Å². The van der Waals surface area contributed by atoms with Gasteiger partial charge in [-0.15, -0.1) is 0 Å². The largest absolute Gasteiger partial charge is 0.463 e. The van der Waals surface area contributed by atoms with Crippen molar-refractivity contribution < 1.29 is 19.2 Å². The number of benzene rings is 2. The monoisotopic (exact) mass is 499 g/mol. The van der Waals surface area contributed by atoms with Crippen LogP contribution in [0.5, 0.6) is 0 Å². The molecule has 2 heterocycles. The van der Waals surface area contributed by atoms with Crippen LogP contribution in [0.25, 0.3) is 0 Å². The molecule has 2 aromatic carbocycles. The summed E-state index contributed by atoms with van der Waals surface area (Å²) in [6.07, 6.45) is 0. The Morgan fingerprint density at radius 2 is 1.89 bits per heavy atom. The van der Waals surface area contributed by atoms with Crippen LogP contribution in [-0.4, -0.2) is 61.2 Å². The second kappa shape index (κ2) is 10.7. The van der Waals surface area contributed by atoms with Crippen molar-refractivity contribution >= 4 is 35.0 Å². The number of nitro groups is 1. The van der Waals surface area contributed by atoms with E-state index >= 15 is 0 Å². The molecule has 2 aliphatic rings. The van der Waals surface area contributed by atoms with Gasteiger partial charge in [-0.1, -0.05) is 17.7 Å². The van der Waals surface area contributed by atoms with E-state index in [0.29, 0.717) is 22.8 Å². The fourth-order valence-electron chi connectivity index (χ4n) is 4.29. The molecule has 0 bridgehead atoms. The smallest absolute Gasteiger partial charge is 0.338 e. The minimum Gasteiger partial charge on any atom is -0.463 e. The molecule has 184 valence electrons. The number of anilines is 1. The van der Waals surface area contributed by atoms with Crippen LogP contribution >= 0.6 is 11.6 Å². The predicted octanol–water partition coefficient (Wildman–Crippen LogP) is 3.24. The van der Waals surface area contributed by atoms with Gasteiger partial charge in [-0.05, 0) is 42.8 Å². The van der Waals surface area contributed by atoms with Gasteiger partial charge in [0.15, 0.2) is 0 Å². The maximum Gasteiger partial charge on any atom is 0.338 e. The van der Waals surface area contributed by atoms with Gasteiger partial charge in [0.25, 0.3) is 5.69 Å².